The lowest BCUT2D eigenvalue weighted by atomic mass is 9.92. The van der Waals surface area contributed by atoms with Crippen LogP contribution in [0, 0.1) is 0 Å². The van der Waals surface area contributed by atoms with Crippen molar-refractivity contribution in [3.63, 3.8) is 0 Å². The summed E-state index contributed by atoms with van der Waals surface area (Å²) in [5.41, 5.74) is 11.3. The molecule has 3 aromatic heterocycles. The number of benzene rings is 6. The third-order valence-electron chi connectivity index (χ3n) is 9.91. The summed E-state index contributed by atoms with van der Waals surface area (Å²) in [6.07, 6.45) is 7.31. The van der Waals surface area contributed by atoms with Gasteiger partial charge in [-0.25, -0.2) is 15.0 Å². The van der Waals surface area contributed by atoms with Gasteiger partial charge in [0.1, 0.15) is 5.52 Å². The highest BCUT2D eigenvalue weighted by molar-refractivity contribution is 7.25. The fraction of sp³-hybridized carbons (Fsp3) is 0.0426. The average Bonchev–Trinajstić information content (AvgIpc) is 3.83. The molecule has 52 heavy (non-hydrogen) atoms. The van der Waals surface area contributed by atoms with Gasteiger partial charge in [-0.2, -0.15) is 0 Å². The Labute approximate surface area is 305 Å². The van der Waals surface area contributed by atoms with Crippen LogP contribution in [0.3, 0.4) is 0 Å². The van der Waals surface area contributed by atoms with Gasteiger partial charge in [0.2, 0.25) is 5.89 Å². The molecule has 0 spiro atoms. The maximum absolute atomic E-state index is 6.06. The van der Waals surface area contributed by atoms with Gasteiger partial charge in [-0.15, -0.1) is 11.3 Å². The zero-order valence-corrected chi connectivity index (χ0v) is 28.9. The summed E-state index contributed by atoms with van der Waals surface area (Å²) in [5, 5.41) is 2.63. The number of aromatic nitrogens is 3. The van der Waals surface area contributed by atoms with Crippen molar-refractivity contribution < 1.29 is 4.42 Å². The van der Waals surface area contributed by atoms with E-state index in [4.69, 9.17) is 19.4 Å². The number of hydrogen-bond donors (Lipinski definition) is 0. The van der Waals surface area contributed by atoms with Crippen molar-refractivity contribution in [2.24, 2.45) is 0 Å². The second-order valence-electron chi connectivity index (χ2n) is 13.2. The van der Waals surface area contributed by atoms with Crippen LogP contribution >= 0.6 is 11.3 Å². The summed E-state index contributed by atoms with van der Waals surface area (Å²) in [6.45, 7) is 0. The Morgan fingerprint density at radius 3 is 2.02 bits per heavy atom. The van der Waals surface area contributed by atoms with Crippen LogP contribution in [0.15, 0.2) is 174 Å². The summed E-state index contributed by atoms with van der Waals surface area (Å²) in [6, 6.07) is 53.2. The predicted molar refractivity (Wildman–Crippen MR) is 215 cm³/mol. The molecular formula is C47H31N3OS. The highest BCUT2D eigenvalue weighted by Crippen LogP contribution is 2.38. The fourth-order valence-corrected chi connectivity index (χ4v) is 8.25. The maximum atomic E-state index is 6.06. The van der Waals surface area contributed by atoms with Crippen molar-refractivity contribution in [3.8, 4) is 44.9 Å². The molecule has 5 heteroatoms. The second kappa shape index (κ2) is 12.7. The topological polar surface area (TPSA) is 51.8 Å². The van der Waals surface area contributed by atoms with Crippen LogP contribution in [0.1, 0.15) is 23.9 Å². The average molecular weight is 686 g/mol. The van der Waals surface area contributed by atoms with Crippen LogP contribution in [0.25, 0.3) is 81.7 Å². The molecule has 4 nitrogen and oxygen atoms in total. The van der Waals surface area contributed by atoms with Crippen LogP contribution in [0.5, 0.6) is 0 Å². The van der Waals surface area contributed by atoms with Crippen molar-refractivity contribution in [1.29, 1.82) is 0 Å². The summed E-state index contributed by atoms with van der Waals surface area (Å²) >= 11 is 1.85. The summed E-state index contributed by atoms with van der Waals surface area (Å²) in [4.78, 5) is 15.1. The van der Waals surface area contributed by atoms with Gasteiger partial charge in [-0.3, -0.25) is 0 Å². The van der Waals surface area contributed by atoms with Gasteiger partial charge >= 0.3 is 0 Å². The molecule has 0 saturated heterocycles. The number of fused-ring (bicyclic) bond motifs is 4. The monoisotopic (exact) mass is 685 g/mol. The van der Waals surface area contributed by atoms with Crippen LogP contribution in [-0.4, -0.2) is 15.0 Å². The molecule has 0 amide bonds. The molecule has 0 radical (unpaired) electrons. The van der Waals surface area contributed by atoms with E-state index in [1.807, 2.05) is 41.7 Å². The van der Waals surface area contributed by atoms with Crippen molar-refractivity contribution in [2.75, 3.05) is 0 Å². The number of hydrogen-bond acceptors (Lipinski definition) is 5. The Bertz CT molecular complexity index is 2780. The summed E-state index contributed by atoms with van der Waals surface area (Å²) in [5.74, 6) is 1.45. The van der Waals surface area contributed by atoms with E-state index < -0.39 is 0 Å². The minimum absolute atomic E-state index is 0.0875. The molecule has 0 fully saturated rings. The minimum atomic E-state index is 0.0875. The van der Waals surface area contributed by atoms with Gasteiger partial charge in [0.15, 0.2) is 11.4 Å². The molecule has 6 aromatic carbocycles. The molecule has 1 unspecified atom stereocenters. The summed E-state index contributed by atoms with van der Waals surface area (Å²) < 4.78 is 8.68. The normalized spacial score (nSPS) is 14.3. The SMILES string of the molecule is C1=CC(c2cc(-c3ccc(-c4ccccc4)cc3)nc(-c3ccc(-c4ccc5c(c4)sc4ccccc45)cc3)n2)CC=C1c1nc2ccccc2o1. The number of rotatable bonds is 6. The lowest BCUT2D eigenvalue weighted by molar-refractivity contribution is 0.584. The zero-order chi connectivity index (χ0) is 34.4. The van der Waals surface area contributed by atoms with E-state index in [1.165, 1.54) is 42.4 Å². The lowest BCUT2D eigenvalue weighted by Gasteiger charge is -2.17. The Hall–Kier alpha value is -6.43. The number of nitrogens with zero attached hydrogens (tertiary/aromatic N) is 3. The molecule has 3 heterocycles. The number of allylic oxidation sites excluding steroid dienone is 4. The summed E-state index contributed by atoms with van der Waals surface area (Å²) in [7, 11) is 0. The third kappa shape index (κ3) is 5.62. The number of oxazole rings is 1. The van der Waals surface area contributed by atoms with E-state index >= 15 is 0 Å². The van der Waals surface area contributed by atoms with Crippen LogP contribution in [0.2, 0.25) is 0 Å². The zero-order valence-electron chi connectivity index (χ0n) is 28.1. The third-order valence-corrected chi connectivity index (χ3v) is 11.0. The minimum Gasteiger partial charge on any atom is -0.436 e. The van der Waals surface area contributed by atoms with Gasteiger partial charge in [0.25, 0.3) is 0 Å². The fourth-order valence-electron chi connectivity index (χ4n) is 7.11. The molecule has 1 aliphatic carbocycles. The predicted octanol–water partition coefficient (Wildman–Crippen LogP) is 12.8. The smallest absolute Gasteiger partial charge is 0.226 e. The van der Waals surface area contributed by atoms with Gasteiger partial charge in [0, 0.05) is 42.8 Å². The van der Waals surface area contributed by atoms with Crippen molar-refractivity contribution in [2.45, 2.75) is 12.3 Å². The van der Waals surface area contributed by atoms with Gasteiger partial charge in [-0.1, -0.05) is 140 Å². The standard InChI is InChI=1S/C47H31N3OS/c1-2-8-30(9-3-1)31-14-18-33(19-15-31)41-29-42(34-20-24-36(25-21-34)47-50-40-11-5-6-12-43(40)51-47)49-46(48-41)35-22-16-32(17-23-35)37-26-27-39-38-10-4-7-13-44(38)52-45(39)28-37/h1-20,22-29,34H,21H2. The molecular weight excluding hydrogens is 655 g/mol. The van der Waals surface area contributed by atoms with Gasteiger partial charge < -0.3 is 4.42 Å². The van der Waals surface area contributed by atoms with Crippen LogP contribution in [0.4, 0.5) is 0 Å². The molecule has 10 rings (SSSR count). The lowest BCUT2D eigenvalue weighted by Crippen LogP contribution is -2.05. The van der Waals surface area contributed by atoms with Gasteiger partial charge in [0.05, 0.1) is 11.4 Å². The molecule has 0 bridgehead atoms. The molecule has 0 saturated carbocycles. The van der Waals surface area contributed by atoms with Crippen LogP contribution in [-0.2, 0) is 0 Å². The molecule has 0 N–H and O–H groups in total. The van der Waals surface area contributed by atoms with E-state index in [1.54, 1.807) is 0 Å². The Balaban J connectivity index is 0.993. The highest BCUT2D eigenvalue weighted by atomic mass is 32.1. The molecule has 1 aliphatic rings. The first kappa shape index (κ1) is 30.4. The highest BCUT2D eigenvalue weighted by Gasteiger charge is 2.19. The molecule has 1 atom stereocenters. The van der Waals surface area contributed by atoms with Crippen molar-refractivity contribution >= 4 is 48.2 Å². The molecule has 9 aromatic rings. The van der Waals surface area contributed by atoms with E-state index in [-0.39, 0.29) is 5.92 Å². The van der Waals surface area contributed by atoms with Crippen molar-refractivity contribution in [3.05, 3.63) is 181 Å². The van der Waals surface area contributed by atoms with Crippen LogP contribution < -0.4 is 0 Å². The van der Waals surface area contributed by atoms with E-state index in [0.29, 0.717) is 11.7 Å². The maximum Gasteiger partial charge on any atom is 0.226 e. The first-order valence-electron chi connectivity index (χ1n) is 17.5. The second-order valence-corrected chi connectivity index (χ2v) is 14.3. The Kier molecular flexibility index (Phi) is 7.43. The largest absolute Gasteiger partial charge is 0.436 e. The Morgan fingerprint density at radius 2 is 1.21 bits per heavy atom. The van der Waals surface area contributed by atoms with Crippen molar-refractivity contribution in [1.82, 2.24) is 15.0 Å². The number of para-hydroxylation sites is 2. The first-order valence-corrected chi connectivity index (χ1v) is 18.3. The van der Waals surface area contributed by atoms with E-state index in [2.05, 4.69) is 140 Å². The van der Waals surface area contributed by atoms with Gasteiger partial charge in [-0.05, 0) is 59.0 Å². The number of thiophene rings is 1. The quantitative estimate of drug-likeness (QED) is 0.175. The van der Waals surface area contributed by atoms with E-state index in [0.717, 1.165) is 45.6 Å². The first-order chi connectivity index (χ1) is 25.7. The molecule has 246 valence electrons. The van der Waals surface area contributed by atoms with E-state index in [9.17, 15) is 0 Å². The Morgan fingerprint density at radius 1 is 0.538 bits per heavy atom. The molecule has 0 aliphatic heterocycles.